The molecule has 0 aromatic rings. The van der Waals surface area contributed by atoms with E-state index in [1.54, 1.807) is 0 Å². The first-order valence-corrected chi connectivity index (χ1v) is 8.32. The molecule has 0 aliphatic heterocycles. The van der Waals surface area contributed by atoms with Crippen LogP contribution in [0.4, 0.5) is 0 Å². The van der Waals surface area contributed by atoms with Gasteiger partial charge in [-0.2, -0.15) is 0 Å². The van der Waals surface area contributed by atoms with Crippen LogP contribution < -0.4 is 5.32 Å². The molecule has 2 aliphatic rings. The van der Waals surface area contributed by atoms with Crippen LogP contribution in [0, 0.1) is 23.7 Å². The van der Waals surface area contributed by atoms with Gasteiger partial charge in [0.1, 0.15) is 0 Å². The van der Waals surface area contributed by atoms with Gasteiger partial charge in [0, 0.05) is 12.1 Å². The van der Waals surface area contributed by atoms with Crippen LogP contribution in [0.5, 0.6) is 0 Å². The number of hydrogen-bond acceptors (Lipinski definition) is 1. The largest absolute Gasteiger partial charge is 0.311 e. The minimum Gasteiger partial charge on any atom is -0.311 e. The van der Waals surface area contributed by atoms with E-state index >= 15 is 0 Å². The van der Waals surface area contributed by atoms with Gasteiger partial charge < -0.3 is 5.32 Å². The first-order valence-electron chi connectivity index (χ1n) is 8.32. The molecule has 1 nitrogen and oxygen atoms in total. The minimum atomic E-state index is 0.795. The van der Waals surface area contributed by atoms with E-state index in [0.717, 1.165) is 35.8 Å². The standard InChI is InChI=1S/C17H33N/c1-12(2)16-9-8-14(4)11-17(16)18-15-7-5-6-13(3)10-15/h12-18H,5-11H2,1-4H3. The normalized spacial score (nSPS) is 42.2. The van der Waals surface area contributed by atoms with Crippen molar-refractivity contribution in [1.82, 2.24) is 5.32 Å². The zero-order valence-electron chi connectivity index (χ0n) is 12.9. The van der Waals surface area contributed by atoms with Crippen molar-refractivity contribution in [2.75, 3.05) is 0 Å². The lowest BCUT2D eigenvalue weighted by Crippen LogP contribution is -2.48. The van der Waals surface area contributed by atoms with Gasteiger partial charge in [-0.15, -0.1) is 0 Å². The molecule has 1 N–H and O–H groups in total. The molecule has 0 radical (unpaired) electrons. The second kappa shape index (κ2) is 6.41. The Kier molecular flexibility index (Phi) is 5.12. The highest BCUT2D eigenvalue weighted by Crippen LogP contribution is 2.35. The number of nitrogens with one attached hydrogen (secondary N) is 1. The highest BCUT2D eigenvalue weighted by atomic mass is 15.0. The Balaban J connectivity index is 1.91. The molecule has 0 aromatic heterocycles. The maximum Gasteiger partial charge on any atom is 0.0103 e. The molecular formula is C17H33N. The Hall–Kier alpha value is -0.0400. The first-order chi connectivity index (χ1) is 8.56. The summed E-state index contributed by atoms with van der Waals surface area (Å²) in [5.74, 6) is 3.63. The molecule has 106 valence electrons. The summed E-state index contributed by atoms with van der Waals surface area (Å²) in [4.78, 5) is 0. The summed E-state index contributed by atoms with van der Waals surface area (Å²) < 4.78 is 0. The van der Waals surface area contributed by atoms with Crippen LogP contribution in [0.3, 0.4) is 0 Å². The highest BCUT2D eigenvalue weighted by Gasteiger charge is 2.32. The predicted molar refractivity (Wildman–Crippen MR) is 79.7 cm³/mol. The van der Waals surface area contributed by atoms with Crippen molar-refractivity contribution in [1.29, 1.82) is 0 Å². The molecule has 5 unspecified atom stereocenters. The van der Waals surface area contributed by atoms with E-state index in [4.69, 9.17) is 0 Å². The summed E-state index contributed by atoms with van der Waals surface area (Å²) in [5, 5.41) is 4.05. The van der Waals surface area contributed by atoms with E-state index in [0.29, 0.717) is 0 Å². The van der Waals surface area contributed by atoms with Gasteiger partial charge in [0.25, 0.3) is 0 Å². The van der Waals surface area contributed by atoms with E-state index in [1.807, 2.05) is 0 Å². The Morgan fingerprint density at radius 2 is 1.61 bits per heavy atom. The van der Waals surface area contributed by atoms with Crippen molar-refractivity contribution >= 4 is 0 Å². The summed E-state index contributed by atoms with van der Waals surface area (Å²) in [6.45, 7) is 9.70. The molecule has 0 aromatic carbocycles. The SMILES string of the molecule is CC1CCCC(NC2CC(C)CCC2C(C)C)C1. The lowest BCUT2D eigenvalue weighted by atomic mass is 9.73. The zero-order valence-corrected chi connectivity index (χ0v) is 12.9. The maximum absolute atomic E-state index is 4.05. The number of rotatable bonds is 3. The Labute approximate surface area is 114 Å². The maximum atomic E-state index is 4.05. The second-order valence-electron chi connectivity index (χ2n) is 7.57. The summed E-state index contributed by atoms with van der Waals surface area (Å²) in [6, 6.07) is 1.61. The smallest absolute Gasteiger partial charge is 0.0103 e. The van der Waals surface area contributed by atoms with Gasteiger partial charge in [-0.3, -0.25) is 0 Å². The third-order valence-electron chi connectivity index (χ3n) is 5.41. The van der Waals surface area contributed by atoms with Crippen molar-refractivity contribution in [3.05, 3.63) is 0 Å². The van der Waals surface area contributed by atoms with Crippen LogP contribution in [-0.4, -0.2) is 12.1 Å². The van der Waals surface area contributed by atoms with Crippen molar-refractivity contribution < 1.29 is 0 Å². The van der Waals surface area contributed by atoms with E-state index in [-0.39, 0.29) is 0 Å². The van der Waals surface area contributed by atoms with Gasteiger partial charge in [0.05, 0.1) is 0 Å². The van der Waals surface area contributed by atoms with Crippen LogP contribution in [0.2, 0.25) is 0 Å². The fraction of sp³-hybridized carbons (Fsp3) is 1.00. The van der Waals surface area contributed by atoms with Crippen molar-refractivity contribution in [3.63, 3.8) is 0 Å². The molecule has 2 saturated carbocycles. The molecule has 1 heteroatoms. The molecule has 0 spiro atoms. The van der Waals surface area contributed by atoms with Crippen LogP contribution in [0.1, 0.15) is 72.6 Å². The van der Waals surface area contributed by atoms with E-state index in [1.165, 1.54) is 44.9 Å². The molecular weight excluding hydrogens is 218 g/mol. The molecule has 18 heavy (non-hydrogen) atoms. The molecule has 2 fully saturated rings. The Morgan fingerprint density at radius 1 is 0.889 bits per heavy atom. The average Bonchev–Trinajstić information content (AvgIpc) is 2.28. The third-order valence-corrected chi connectivity index (χ3v) is 5.41. The van der Waals surface area contributed by atoms with Gasteiger partial charge in [-0.25, -0.2) is 0 Å². The van der Waals surface area contributed by atoms with E-state index in [2.05, 4.69) is 33.0 Å². The van der Waals surface area contributed by atoms with Gasteiger partial charge in [-0.05, 0) is 49.4 Å². The van der Waals surface area contributed by atoms with Gasteiger partial charge in [0.15, 0.2) is 0 Å². The highest BCUT2D eigenvalue weighted by molar-refractivity contribution is 4.89. The van der Waals surface area contributed by atoms with Crippen LogP contribution in [0.25, 0.3) is 0 Å². The monoisotopic (exact) mass is 251 g/mol. The Bertz CT molecular complexity index is 248. The van der Waals surface area contributed by atoms with Crippen LogP contribution in [0.15, 0.2) is 0 Å². The van der Waals surface area contributed by atoms with Gasteiger partial charge >= 0.3 is 0 Å². The average molecular weight is 251 g/mol. The van der Waals surface area contributed by atoms with Crippen LogP contribution in [-0.2, 0) is 0 Å². The summed E-state index contributed by atoms with van der Waals surface area (Å²) >= 11 is 0. The fourth-order valence-electron chi connectivity index (χ4n) is 4.28. The van der Waals surface area contributed by atoms with Crippen molar-refractivity contribution in [2.24, 2.45) is 23.7 Å². The molecule has 2 rings (SSSR count). The van der Waals surface area contributed by atoms with Gasteiger partial charge in [-0.1, -0.05) is 47.0 Å². The Morgan fingerprint density at radius 3 is 2.28 bits per heavy atom. The van der Waals surface area contributed by atoms with E-state index in [9.17, 15) is 0 Å². The zero-order chi connectivity index (χ0) is 13.1. The first kappa shape index (κ1) is 14.4. The third kappa shape index (κ3) is 3.73. The lowest BCUT2D eigenvalue weighted by Gasteiger charge is -2.41. The van der Waals surface area contributed by atoms with Crippen molar-refractivity contribution in [2.45, 2.75) is 84.7 Å². The summed E-state index contributed by atoms with van der Waals surface area (Å²) in [5.41, 5.74) is 0. The summed E-state index contributed by atoms with van der Waals surface area (Å²) in [6.07, 6.45) is 10.0. The fourth-order valence-corrected chi connectivity index (χ4v) is 4.28. The van der Waals surface area contributed by atoms with Crippen LogP contribution >= 0.6 is 0 Å². The predicted octanol–water partition coefficient (Wildman–Crippen LogP) is 4.62. The summed E-state index contributed by atoms with van der Waals surface area (Å²) in [7, 11) is 0. The molecule has 0 amide bonds. The quantitative estimate of drug-likeness (QED) is 0.772. The second-order valence-corrected chi connectivity index (χ2v) is 7.57. The topological polar surface area (TPSA) is 12.0 Å². The van der Waals surface area contributed by atoms with Gasteiger partial charge in [0.2, 0.25) is 0 Å². The molecule has 0 heterocycles. The number of hydrogen-bond donors (Lipinski definition) is 1. The lowest BCUT2D eigenvalue weighted by molar-refractivity contribution is 0.144. The molecule has 0 saturated heterocycles. The minimum absolute atomic E-state index is 0.795. The molecule has 5 atom stereocenters. The molecule has 2 aliphatic carbocycles. The molecule has 0 bridgehead atoms. The van der Waals surface area contributed by atoms with Crippen molar-refractivity contribution in [3.8, 4) is 0 Å². The van der Waals surface area contributed by atoms with E-state index < -0.39 is 0 Å².